The predicted octanol–water partition coefficient (Wildman–Crippen LogP) is 1.95. The molecule has 0 radical (unpaired) electrons. The van der Waals surface area contributed by atoms with Crippen molar-refractivity contribution in [2.75, 3.05) is 13.1 Å². The van der Waals surface area contributed by atoms with Crippen molar-refractivity contribution >= 4 is 34.5 Å². The normalized spacial score (nSPS) is 13.4. The summed E-state index contributed by atoms with van der Waals surface area (Å²) in [6, 6.07) is 5.37. The molecule has 2 amide bonds. The van der Waals surface area contributed by atoms with E-state index < -0.39 is 5.60 Å². The second-order valence-electron chi connectivity index (χ2n) is 5.05. The Balaban J connectivity index is 1.69. The van der Waals surface area contributed by atoms with Gasteiger partial charge in [0.15, 0.2) is 0 Å². The summed E-state index contributed by atoms with van der Waals surface area (Å²) in [4.78, 5) is 24.1. The quantitative estimate of drug-likeness (QED) is 0.722. The van der Waals surface area contributed by atoms with Crippen LogP contribution in [0.4, 0.5) is 0 Å². The van der Waals surface area contributed by atoms with E-state index in [0.29, 0.717) is 4.88 Å². The first-order valence-electron chi connectivity index (χ1n) is 6.82. The molecule has 1 unspecified atom stereocenters. The van der Waals surface area contributed by atoms with Crippen molar-refractivity contribution in [1.82, 2.24) is 10.6 Å². The number of carbonyl (C=O) groups excluding carboxylic acids is 2. The van der Waals surface area contributed by atoms with Gasteiger partial charge in [0.25, 0.3) is 5.91 Å². The third kappa shape index (κ3) is 4.66. The molecule has 3 N–H and O–H groups in total. The van der Waals surface area contributed by atoms with Crippen molar-refractivity contribution in [2.45, 2.75) is 18.9 Å². The molecule has 2 heterocycles. The number of thiophene rings is 2. The molecule has 0 aromatic carbocycles. The number of amides is 2. The molecule has 5 nitrogen and oxygen atoms in total. The number of hydrogen-bond acceptors (Lipinski definition) is 5. The van der Waals surface area contributed by atoms with E-state index in [0.717, 1.165) is 5.56 Å². The average Bonchev–Trinajstić information content (AvgIpc) is 3.17. The second-order valence-corrected chi connectivity index (χ2v) is 6.77. The van der Waals surface area contributed by atoms with E-state index in [1.165, 1.54) is 22.7 Å². The molecule has 0 aliphatic rings. The molecule has 2 rings (SSSR count). The third-order valence-corrected chi connectivity index (χ3v) is 4.71. The number of nitrogens with one attached hydrogen (secondary N) is 2. The monoisotopic (exact) mass is 338 g/mol. The molecule has 0 saturated heterocycles. The van der Waals surface area contributed by atoms with Gasteiger partial charge < -0.3 is 15.7 Å². The average molecular weight is 338 g/mol. The molecule has 22 heavy (non-hydrogen) atoms. The Kier molecular flexibility index (Phi) is 5.70. The minimum Gasteiger partial charge on any atom is -0.384 e. The van der Waals surface area contributed by atoms with Gasteiger partial charge in [-0.1, -0.05) is 6.07 Å². The van der Waals surface area contributed by atoms with Crippen LogP contribution in [0.3, 0.4) is 0 Å². The topological polar surface area (TPSA) is 78.4 Å². The first-order chi connectivity index (χ1) is 10.5. The molecular weight excluding hydrogens is 320 g/mol. The zero-order chi connectivity index (χ0) is 16.0. The summed E-state index contributed by atoms with van der Waals surface area (Å²) in [6.07, 6.45) is 0.177. The van der Waals surface area contributed by atoms with E-state index >= 15 is 0 Å². The molecule has 2 aromatic heterocycles. The van der Waals surface area contributed by atoms with Crippen LogP contribution in [0.15, 0.2) is 34.3 Å². The summed E-state index contributed by atoms with van der Waals surface area (Å²) in [5.41, 5.74) is -0.306. The SMILES string of the molecule is CC(O)(CNC(=O)CCNC(=O)c1cccs1)c1ccsc1. The van der Waals surface area contributed by atoms with E-state index in [9.17, 15) is 14.7 Å². The van der Waals surface area contributed by atoms with Gasteiger partial charge in [-0.05, 0) is 40.8 Å². The largest absolute Gasteiger partial charge is 0.384 e. The highest BCUT2D eigenvalue weighted by Crippen LogP contribution is 2.21. The van der Waals surface area contributed by atoms with Gasteiger partial charge in [0.05, 0.1) is 11.4 Å². The van der Waals surface area contributed by atoms with Crippen LogP contribution in [0.2, 0.25) is 0 Å². The fraction of sp³-hybridized carbons (Fsp3) is 0.333. The van der Waals surface area contributed by atoms with E-state index in [1.54, 1.807) is 19.1 Å². The van der Waals surface area contributed by atoms with E-state index in [1.807, 2.05) is 22.2 Å². The zero-order valence-corrected chi connectivity index (χ0v) is 13.8. The highest BCUT2D eigenvalue weighted by Gasteiger charge is 2.24. The molecule has 1 atom stereocenters. The zero-order valence-electron chi connectivity index (χ0n) is 12.2. The standard InChI is InChI=1S/C15H18N2O3S2/c1-15(20,11-5-8-21-9-11)10-17-13(18)4-6-16-14(19)12-3-2-7-22-12/h2-3,5,7-9,20H,4,6,10H2,1H3,(H,16,19)(H,17,18). The van der Waals surface area contributed by atoms with Crippen molar-refractivity contribution in [3.8, 4) is 0 Å². The van der Waals surface area contributed by atoms with Crippen molar-refractivity contribution in [3.05, 3.63) is 44.8 Å². The van der Waals surface area contributed by atoms with Crippen LogP contribution >= 0.6 is 22.7 Å². The van der Waals surface area contributed by atoms with Crippen LogP contribution in [0, 0.1) is 0 Å². The minimum absolute atomic E-state index is 0.140. The number of rotatable bonds is 7. The number of carbonyl (C=O) groups is 2. The lowest BCUT2D eigenvalue weighted by molar-refractivity contribution is -0.122. The maximum Gasteiger partial charge on any atom is 0.261 e. The van der Waals surface area contributed by atoms with E-state index in [-0.39, 0.29) is 31.3 Å². The van der Waals surface area contributed by atoms with Crippen molar-refractivity contribution < 1.29 is 14.7 Å². The maximum absolute atomic E-state index is 11.8. The number of aliphatic hydroxyl groups is 1. The Bertz CT molecular complexity index is 607. The highest BCUT2D eigenvalue weighted by molar-refractivity contribution is 7.12. The molecule has 118 valence electrons. The summed E-state index contributed by atoms with van der Waals surface area (Å²) in [6.45, 7) is 2.07. The van der Waals surface area contributed by atoms with Crippen molar-refractivity contribution in [1.29, 1.82) is 0 Å². The molecule has 2 aromatic rings. The third-order valence-electron chi connectivity index (χ3n) is 3.16. The summed E-state index contributed by atoms with van der Waals surface area (Å²) < 4.78 is 0. The van der Waals surface area contributed by atoms with Crippen LogP contribution in [0.1, 0.15) is 28.6 Å². The summed E-state index contributed by atoms with van der Waals surface area (Å²) in [5.74, 6) is -0.380. The molecule has 0 aliphatic heterocycles. The summed E-state index contributed by atoms with van der Waals surface area (Å²) in [5, 5.41) is 21.2. The Morgan fingerprint density at radius 3 is 2.73 bits per heavy atom. The Hall–Kier alpha value is -1.70. The van der Waals surface area contributed by atoms with Gasteiger partial charge in [0, 0.05) is 13.0 Å². The first-order valence-corrected chi connectivity index (χ1v) is 8.65. The van der Waals surface area contributed by atoms with E-state index in [4.69, 9.17) is 0 Å². The van der Waals surface area contributed by atoms with Gasteiger partial charge in [0.1, 0.15) is 5.60 Å². The van der Waals surface area contributed by atoms with Crippen molar-refractivity contribution in [3.63, 3.8) is 0 Å². The molecular formula is C15H18N2O3S2. The van der Waals surface area contributed by atoms with Gasteiger partial charge in [-0.25, -0.2) is 0 Å². The predicted molar refractivity (Wildman–Crippen MR) is 88.2 cm³/mol. The van der Waals surface area contributed by atoms with Crippen LogP contribution in [-0.4, -0.2) is 30.0 Å². The summed E-state index contributed by atoms with van der Waals surface area (Å²) >= 11 is 2.85. The molecule has 0 bridgehead atoms. The second kappa shape index (κ2) is 7.53. The van der Waals surface area contributed by atoms with Gasteiger partial charge in [0.2, 0.25) is 5.91 Å². The Morgan fingerprint density at radius 2 is 2.09 bits per heavy atom. The Morgan fingerprint density at radius 1 is 1.27 bits per heavy atom. The van der Waals surface area contributed by atoms with Crippen LogP contribution in [0.5, 0.6) is 0 Å². The minimum atomic E-state index is -1.09. The lowest BCUT2D eigenvalue weighted by Gasteiger charge is -2.22. The molecule has 0 saturated carbocycles. The van der Waals surface area contributed by atoms with Crippen LogP contribution < -0.4 is 10.6 Å². The van der Waals surface area contributed by atoms with Gasteiger partial charge in [-0.15, -0.1) is 11.3 Å². The fourth-order valence-corrected chi connectivity index (χ4v) is 3.24. The molecule has 0 fully saturated rings. The first kappa shape index (κ1) is 16.7. The number of hydrogen-bond donors (Lipinski definition) is 3. The fourth-order valence-electron chi connectivity index (χ4n) is 1.82. The van der Waals surface area contributed by atoms with E-state index in [2.05, 4.69) is 10.6 Å². The van der Waals surface area contributed by atoms with Gasteiger partial charge >= 0.3 is 0 Å². The van der Waals surface area contributed by atoms with Crippen molar-refractivity contribution in [2.24, 2.45) is 0 Å². The molecule has 0 spiro atoms. The van der Waals surface area contributed by atoms with Crippen LogP contribution in [-0.2, 0) is 10.4 Å². The smallest absolute Gasteiger partial charge is 0.261 e. The summed E-state index contributed by atoms with van der Waals surface area (Å²) in [7, 11) is 0. The van der Waals surface area contributed by atoms with Gasteiger partial charge in [-0.2, -0.15) is 11.3 Å². The Labute approximate surface area is 137 Å². The lowest BCUT2D eigenvalue weighted by atomic mass is 9.99. The van der Waals surface area contributed by atoms with Crippen LogP contribution in [0.25, 0.3) is 0 Å². The molecule has 0 aliphatic carbocycles. The molecule has 7 heteroatoms. The highest BCUT2D eigenvalue weighted by atomic mass is 32.1. The lowest BCUT2D eigenvalue weighted by Crippen LogP contribution is -2.39. The maximum atomic E-state index is 11.8. The van der Waals surface area contributed by atoms with Gasteiger partial charge in [-0.3, -0.25) is 9.59 Å².